The summed E-state index contributed by atoms with van der Waals surface area (Å²) in [5.74, 6) is -0.189. The van der Waals surface area contributed by atoms with Crippen molar-refractivity contribution in [2.24, 2.45) is 14.1 Å². The van der Waals surface area contributed by atoms with Crippen LogP contribution in [0, 0.1) is 0 Å². The topological polar surface area (TPSA) is 120 Å². The van der Waals surface area contributed by atoms with E-state index in [1.54, 1.807) is 14.1 Å². The number of aromatic nitrogens is 4. The lowest BCUT2D eigenvalue weighted by Crippen LogP contribution is -2.34. The molecule has 0 bridgehead atoms. The fourth-order valence-corrected chi connectivity index (χ4v) is 2.84. The molecule has 0 fully saturated rings. The Labute approximate surface area is 133 Å². The Morgan fingerprint density at radius 2 is 2.04 bits per heavy atom. The molecule has 0 aliphatic heterocycles. The number of rotatable bonds is 7. The molecule has 23 heavy (non-hydrogen) atoms. The molecular weight excluding hydrogens is 324 g/mol. The average molecular weight is 342 g/mol. The molecule has 0 aromatic carbocycles. The van der Waals surface area contributed by atoms with Crippen LogP contribution in [0.15, 0.2) is 23.7 Å². The van der Waals surface area contributed by atoms with Crippen molar-refractivity contribution in [3.05, 3.63) is 24.3 Å². The molecule has 0 atom stereocenters. The van der Waals surface area contributed by atoms with E-state index < -0.39 is 15.9 Å². The molecule has 0 saturated carbocycles. The number of nitrogens with one attached hydrogen (secondary N) is 2. The molecule has 1 amide bonds. The minimum atomic E-state index is -3.69. The summed E-state index contributed by atoms with van der Waals surface area (Å²) < 4.78 is 34.2. The highest BCUT2D eigenvalue weighted by Crippen LogP contribution is 2.13. The van der Waals surface area contributed by atoms with Crippen LogP contribution in [-0.2, 0) is 24.1 Å². The zero-order chi connectivity index (χ0) is 17.0. The predicted octanol–water partition coefficient (Wildman–Crippen LogP) is -1.13. The number of ether oxygens (including phenoxy) is 1. The van der Waals surface area contributed by atoms with Crippen LogP contribution in [0.2, 0.25) is 0 Å². The molecule has 2 aromatic heterocycles. The van der Waals surface area contributed by atoms with Crippen LogP contribution in [-0.4, -0.2) is 53.9 Å². The number of nitrogens with zero attached hydrogens (tertiary/aromatic N) is 4. The van der Waals surface area contributed by atoms with Crippen molar-refractivity contribution in [3.63, 3.8) is 0 Å². The molecule has 0 unspecified atom stereocenters. The first-order chi connectivity index (χ1) is 10.8. The molecule has 2 rings (SSSR count). The van der Waals surface area contributed by atoms with Crippen molar-refractivity contribution < 1.29 is 17.9 Å². The van der Waals surface area contributed by atoms with Gasteiger partial charge >= 0.3 is 0 Å². The zero-order valence-corrected chi connectivity index (χ0v) is 13.8. The van der Waals surface area contributed by atoms with Crippen molar-refractivity contribution in [1.29, 1.82) is 0 Å². The molecule has 126 valence electrons. The maximum atomic E-state index is 12.0. The quantitative estimate of drug-likeness (QED) is 0.614. The number of sulfonamides is 1. The fourth-order valence-electron chi connectivity index (χ4n) is 1.83. The van der Waals surface area contributed by atoms with Crippen molar-refractivity contribution >= 4 is 15.9 Å². The first-order valence-corrected chi connectivity index (χ1v) is 8.15. The molecule has 10 nitrogen and oxygen atoms in total. The van der Waals surface area contributed by atoms with Gasteiger partial charge in [-0.15, -0.1) is 5.10 Å². The lowest BCUT2D eigenvalue weighted by molar-refractivity contribution is 0.0951. The normalized spacial score (nSPS) is 11.4. The van der Waals surface area contributed by atoms with Crippen LogP contribution < -0.4 is 14.8 Å². The van der Waals surface area contributed by atoms with Crippen molar-refractivity contribution in [2.75, 3.05) is 20.2 Å². The second kappa shape index (κ2) is 6.79. The summed E-state index contributed by atoms with van der Waals surface area (Å²) in [5.41, 5.74) is 0.280. The predicted molar refractivity (Wildman–Crippen MR) is 80.5 cm³/mol. The maximum absolute atomic E-state index is 12.0. The van der Waals surface area contributed by atoms with E-state index in [2.05, 4.69) is 20.1 Å². The second-order valence-electron chi connectivity index (χ2n) is 4.76. The van der Waals surface area contributed by atoms with Crippen LogP contribution in [0.1, 0.15) is 10.4 Å². The average Bonchev–Trinajstić information content (AvgIpc) is 3.09. The van der Waals surface area contributed by atoms with E-state index in [1.807, 2.05) is 0 Å². The largest absolute Gasteiger partial charge is 0.479 e. The Morgan fingerprint density at radius 3 is 2.65 bits per heavy atom. The minimum absolute atomic E-state index is 0.0349. The molecule has 11 heteroatoms. The van der Waals surface area contributed by atoms with E-state index >= 15 is 0 Å². The molecular formula is C12H18N6O4S. The van der Waals surface area contributed by atoms with E-state index in [0.717, 1.165) is 0 Å². The molecule has 0 radical (unpaired) electrons. The Morgan fingerprint density at radius 1 is 1.30 bits per heavy atom. The SMILES string of the molecule is COc1nn(C)cc1C(=O)NCCNS(=O)(=O)c1cn(C)cn1. The van der Waals surface area contributed by atoms with Gasteiger partial charge in [-0.25, -0.2) is 18.1 Å². The summed E-state index contributed by atoms with van der Waals surface area (Å²) in [6.45, 7) is 0.149. The summed E-state index contributed by atoms with van der Waals surface area (Å²) in [6, 6.07) is 0. The van der Waals surface area contributed by atoms with Gasteiger partial charge in [0.15, 0.2) is 5.03 Å². The first kappa shape index (κ1) is 17.0. The first-order valence-electron chi connectivity index (χ1n) is 6.67. The number of hydrogen-bond donors (Lipinski definition) is 2. The smallest absolute Gasteiger partial charge is 0.259 e. The summed E-state index contributed by atoms with van der Waals surface area (Å²) in [6.07, 6.45) is 4.30. The van der Waals surface area contributed by atoms with Crippen LogP contribution in [0.4, 0.5) is 0 Å². The third-order valence-corrected chi connectivity index (χ3v) is 4.24. The number of amides is 1. The second-order valence-corrected chi connectivity index (χ2v) is 6.47. The van der Waals surface area contributed by atoms with Crippen LogP contribution in [0.25, 0.3) is 0 Å². The van der Waals surface area contributed by atoms with E-state index in [9.17, 15) is 13.2 Å². The summed E-state index contributed by atoms with van der Waals surface area (Å²) in [5, 5.41) is 6.49. The van der Waals surface area contributed by atoms with E-state index in [1.165, 1.54) is 35.1 Å². The molecule has 0 saturated heterocycles. The third-order valence-electron chi connectivity index (χ3n) is 2.89. The number of imidazole rings is 1. The number of hydrogen-bond acceptors (Lipinski definition) is 6. The minimum Gasteiger partial charge on any atom is -0.479 e. The third kappa shape index (κ3) is 4.07. The van der Waals surface area contributed by atoms with Gasteiger partial charge in [0, 0.05) is 39.6 Å². The van der Waals surface area contributed by atoms with E-state index in [4.69, 9.17) is 4.74 Å². The van der Waals surface area contributed by atoms with Gasteiger partial charge in [0.25, 0.3) is 15.9 Å². The molecule has 0 spiro atoms. The van der Waals surface area contributed by atoms with Crippen molar-refractivity contribution in [1.82, 2.24) is 29.4 Å². The molecule has 0 aliphatic carbocycles. The Kier molecular flexibility index (Phi) is 5.01. The monoisotopic (exact) mass is 342 g/mol. The number of methoxy groups -OCH3 is 1. The van der Waals surface area contributed by atoms with Crippen molar-refractivity contribution in [3.8, 4) is 5.88 Å². The van der Waals surface area contributed by atoms with Crippen LogP contribution >= 0.6 is 0 Å². The van der Waals surface area contributed by atoms with Crippen LogP contribution in [0.5, 0.6) is 5.88 Å². The van der Waals surface area contributed by atoms with E-state index in [-0.39, 0.29) is 29.6 Å². The van der Waals surface area contributed by atoms with Gasteiger partial charge < -0.3 is 14.6 Å². The molecule has 2 N–H and O–H groups in total. The molecule has 0 aliphatic rings. The highest BCUT2D eigenvalue weighted by atomic mass is 32.2. The van der Waals surface area contributed by atoms with Gasteiger partial charge in [-0.1, -0.05) is 0 Å². The van der Waals surface area contributed by atoms with Gasteiger partial charge in [0.1, 0.15) is 5.56 Å². The van der Waals surface area contributed by atoms with Crippen molar-refractivity contribution in [2.45, 2.75) is 5.03 Å². The lowest BCUT2D eigenvalue weighted by Gasteiger charge is -2.06. The highest BCUT2D eigenvalue weighted by Gasteiger charge is 2.18. The van der Waals surface area contributed by atoms with Crippen LogP contribution in [0.3, 0.4) is 0 Å². The Hall–Kier alpha value is -2.40. The van der Waals surface area contributed by atoms with Gasteiger partial charge in [-0.05, 0) is 0 Å². The number of carbonyl (C=O) groups is 1. The summed E-state index contributed by atoms with van der Waals surface area (Å²) in [4.78, 5) is 15.8. The maximum Gasteiger partial charge on any atom is 0.259 e. The Bertz CT molecular complexity index is 794. The summed E-state index contributed by atoms with van der Waals surface area (Å²) >= 11 is 0. The standard InChI is InChI=1S/C12H18N6O4S/c1-17-7-10(14-8-17)23(20,21)15-5-4-13-11(19)9-6-18(2)16-12(9)22-3/h6-8,15H,4-5H2,1-3H3,(H,13,19). The fraction of sp³-hybridized carbons (Fsp3) is 0.417. The van der Waals surface area contributed by atoms with Gasteiger partial charge in [-0.2, -0.15) is 0 Å². The highest BCUT2D eigenvalue weighted by molar-refractivity contribution is 7.89. The summed E-state index contributed by atoms with van der Waals surface area (Å²) in [7, 11) is 1.07. The number of aryl methyl sites for hydroxylation is 2. The van der Waals surface area contributed by atoms with Gasteiger partial charge in [0.05, 0.1) is 13.4 Å². The molecule has 2 heterocycles. The Balaban J connectivity index is 1.86. The van der Waals surface area contributed by atoms with Gasteiger partial charge in [-0.3, -0.25) is 9.48 Å². The zero-order valence-electron chi connectivity index (χ0n) is 13.0. The lowest BCUT2D eigenvalue weighted by atomic mass is 10.3. The molecule has 2 aromatic rings. The number of carbonyl (C=O) groups excluding carboxylic acids is 1. The van der Waals surface area contributed by atoms with Gasteiger partial charge in [0.2, 0.25) is 5.88 Å². The van der Waals surface area contributed by atoms with E-state index in [0.29, 0.717) is 0 Å².